The van der Waals surface area contributed by atoms with E-state index in [2.05, 4.69) is 9.72 Å². The van der Waals surface area contributed by atoms with Crippen LogP contribution in [0.5, 0.6) is 5.88 Å². The molecule has 0 aromatic carbocycles. The van der Waals surface area contributed by atoms with E-state index in [1.54, 1.807) is 0 Å². The number of pyridine rings is 1. The number of ether oxygens (including phenoxy) is 1. The van der Waals surface area contributed by atoms with E-state index in [4.69, 9.17) is 16.7 Å². The van der Waals surface area contributed by atoms with Crippen molar-refractivity contribution in [3.05, 3.63) is 22.8 Å². The van der Waals surface area contributed by atoms with Crippen LogP contribution in [0.4, 0.5) is 8.78 Å². The van der Waals surface area contributed by atoms with Gasteiger partial charge in [-0.25, -0.2) is 9.78 Å². The molecule has 7 heteroatoms. The van der Waals surface area contributed by atoms with E-state index in [0.717, 1.165) is 6.20 Å². The van der Waals surface area contributed by atoms with Gasteiger partial charge in [0.2, 0.25) is 5.88 Å². The number of carboxylic acids is 1. The summed E-state index contributed by atoms with van der Waals surface area (Å²) in [4.78, 5) is 13.9. The quantitative estimate of drug-likeness (QED) is 0.852. The highest BCUT2D eigenvalue weighted by atomic mass is 35.5. The first-order valence-corrected chi connectivity index (χ1v) is 3.72. The molecule has 0 aliphatic rings. The number of aromatic carboxylic acids is 1. The smallest absolute Gasteiger partial charge is 0.388 e. The molecule has 1 aromatic heterocycles. The lowest BCUT2D eigenvalue weighted by molar-refractivity contribution is -0.0533. The molecule has 0 saturated carbocycles. The fraction of sp³-hybridized carbons (Fsp3) is 0.143. The Hall–Kier alpha value is -1.43. The normalized spacial score (nSPS) is 10.3. The summed E-state index contributed by atoms with van der Waals surface area (Å²) in [6.45, 7) is -3.14. The van der Waals surface area contributed by atoms with Crippen LogP contribution >= 0.6 is 11.6 Å². The van der Waals surface area contributed by atoms with Gasteiger partial charge in [-0.2, -0.15) is 8.78 Å². The van der Waals surface area contributed by atoms with E-state index in [-0.39, 0.29) is 5.02 Å². The topological polar surface area (TPSA) is 59.4 Å². The molecule has 0 aliphatic heterocycles. The van der Waals surface area contributed by atoms with Crippen LogP contribution in [0, 0.1) is 0 Å². The van der Waals surface area contributed by atoms with Crippen molar-refractivity contribution in [3.8, 4) is 5.88 Å². The minimum atomic E-state index is -3.14. The summed E-state index contributed by atoms with van der Waals surface area (Å²) in [5.74, 6) is -2.17. The van der Waals surface area contributed by atoms with Gasteiger partial charge in [0.15, 0.2) is 0 Å². The summed E-state index contributed by atoms with van der Waals surface area (Å²) in [7, 11) is 0. The highest BCUT2D eigenvalue weighted by Crippen LogP contribution is 2.24. The molecule has 0 unspecified atom stereocenters. The molecular weight excluding hydrogens is 220 g/mol. The number of rotatable bonds is 3. The SMILES string of the molecule is O=C(O)c1c(Cl)ccnc1OC(F)F. The van der Waals surface area contributed by atoms with Gasteiger partial charge < -0.3 is 9.84 Å². The lowest BCUT2D eigenvalue weighted by Gasteiger charge is -2.06. The van der Waals surface area contributed by atoms with Gasteiger partial charge in [0.1, 0.15) is 5.56 Å². The predicted octanol–water partition coefficient (Wildman–Crippen LogP) is 2.03. The first-order valence-electron chi connectivity index (χ1n) is 3.35. The molecule has 0 fully saturated rings. The lowest BCUT2D eigenvalue weighted by Crippen LogP contribution is -2.09. The first-order chi connectivity index (χ1) is 6.52. The Kier molecular flexibility index (Phi) is 3.19. The third-order valence-corrected chi connectivity index (χ3v) is 1.59. The summed E-state index contributed by atoms with van der Waals surface area (Å²) in [6, 6.07) is 1.17. The number of carboxylic acid groups (broad SMARTS) is 1. The number of hydrogen-bond donors (Lipinski definition) is 1. The molecule has 0 bridgehead atoms. The van der Waals surface area contributed by atoms with Crippen LogP contribution in [-0.4, -0.2) is 22.7 Å². The van der Waals surface area contributed by atoms with Crippen molar-refractivity contribution in [2.45, 2.75) is 6.61 Å². The molecule has 0 atom stereocenters. The van der Waals surface area contributed by atoms with Crippen LogP contribution in [-0.2, 0) is 0 Å². The van der Waals surface area contributed by atoms with Gasteiger partial charge in [-0.05, 0) is 6.07 Å². The molecule has 1 heterocycles. The Balaban J connectivity index is 3.14. The number of aromatic nitrogens is 1. The average molecular weight is 224 g/mol. The second kappa shape index (κ2) is 4.19. The second-order valence-corrected chi connectivity index (χ2v) is 2.56. The van der Waals surface area contributed by atoms with Gasteiger partial charge in [-0.3, -0.25) is 0 Å². The highest BCUT2D eigenvalue weighted by molar-refractivity contribution is 6.33. The van der Waals surface area contributed by atoms with Crippen LogP contribution in [0.3, 0.4) is 0 Å². The zero-order valence-electron chi connectivity index (χ0n) is 6.58. The first kappa shape index (κ1) is 10.6. The van der Waals surface area contributed by atoms with Crippen molar-refractivity contribution in [1.82, 2.24) is 4.98 Å². The minimum absolute atomic E-state index is 0.205. The maximum Gasteiger partial charge on any atom is 0.388 e. The Morgan fingerprint density at radius 2 is 2.29 bits per heavy atom. The van der Waals surface area contributed by atoms with Crippen LogP contribution in [0.15, 0.2) is 12.3 Å². The molecule has 0 radical (unpaired) electrons. The molecule has 0 aliphatic carbocycles. The fourth-order valence-electron chi connectivity index (χ4n) is 0.788. The number of halogens is 3. The van der Waals surface area contributed by atoms with Gasteiger partial charge in [0.25, 0.3) is 0 Å². The Labute approximate surface area is 82.1 Å². The molecular formula is C7H4ClF2NO3. The summed E-state index contributed by atoms with van der Waals surface area (Å²) in [5.41, 5.74) is -0.575. The molecule has 76 valence electrons. The van der Waals surface area contributed by atoms with E-state index in [1.807, 2.05) is 0 Å². The van der Waals surface area contributed by atoms with Crippen LogP contribution in [0.2, 0.25) is 5.02 Å². The molecule has 0 spiro atoms. The average Bonchev–Trinajstić information content (AvgIpc) is 2.01. The van der Waals surface area contributed by atoms with Crippen molar-refractivity contribution < 1.29 is 23.4 Å². The fourth-order valence-corrected chi connectivity index (χ4v) is 1.01. The van der Waals surface area contributed by atoms with Crippen LogP contribution in [0.25, 0.3) is 0 Å². The zero-order valence-corrected chi connectivity index (χ0v) is 7.33. The molecule has 14 heavy (non-hydrogen) atoms. The molecule has 1 rings (SSSR count). The maximum absolute atomic E-state index is 11.8. The molecule has 0 amide bonds. The van der Waals surface area contributed by atoms with Crippen LogP contribution in [0.1, 0.15) is 10.4 Å². The highest BCUT2D eigenvalue weighted by Gasteiger charge is 2.19. The maximum atomic E-state index is 11.8. The monoisotopic (exact) mass is 223 g/mol. The third kappa shape index (κ3) is 2.29. The van der Waals surface area contributed by atoms with Gasteiger partial charge in [0.05, 0.1) is 5.02 Å². The van der Waals surface area contributed by atoms with Crippen molar-refractivity contribution in [2.24, 2.45) is 0 Å². The second-order valence-electron chi connectivity index (χ2n) is 2.16. The zero-order chi connectivity index (χ0) is 10.7. The summed E-state index contributed by atoms with van der Waals surface area (Å²) in [5, 5.41) is 8.40. The van der Waals surface area contributed by atoms with Gasteiger partial charge in [-0.15, -0.1) is 0 Å². The lowest BCUT2D eigenvalue weighted by atomic mass is 10.3. The number of carbonyl (C=O) groups is 1. The summed E-state index contributed by atoms with van der Waals surface area (Å²) in [6.07, 6.45) is 1.08. The van der Waals surface area contributed by atoms with Gasteiger partial charge >= 0.3 is 12.6 Å². The van der Waals surface area contributed by atoms with Crippen LogP contribution < -0.4 is 4.74 Å². The van der Waals surface area contributed by atoms with E-state index >= 15 is 0 Å². The van der Waals surface area contributed by atoms with Crippen molar-refractivity contribution in [3.63, 3.8) is 0 Å². The Bertz CT molecular complexity index is 359. The summed E-state index contributed by atoms with van der Waals surface area (Å²) >= 11 is 5.46. The summed E-state index contributed by atoms with van der Waals surface area (Å²) < 4.78 is 27.5. The van der Waals surface area contributed by atoms with E-state index < -0.39 is 24.0 Å². The largest absolute Gasteiger partial charge is 0.477 e. The molecule has 1 N–H and O–H groups in total. The Morgan fingerprint density at radius 1 is 1.64 bits per heavy atom. The van der Waals surface area contributed by atoms with Gasteiger partial charge in [-0.1, -0.05) is 11.6 Å². The van der Waals surface area contributed by atoms with E-state index in [1.165, 1.54) is 6.07 Å². The number of hydrogen-bond acceptors (Lipinski definition) is 3. The molecule has 4 nitrogen and oxygen atoms in total. The van der Waals surface area contributed by atoms with E-state index in [9.17, 15) is 13.6 Å². The molecule has 1 aromatic rings. The van der Waals surface area contributed by atoms with Crippen molar-refractivity contribution >= 4 is 17.6 Å². The third-order valence-electron chi connectivity index (χ3n) is 1.28. The standard InChI is InChI=1S/C7H4ClF2NO3/c8-3-1-2-11-5(14-7(9)10)4(3)6(12)13/h1-2,7H,(H,12,13). The van der Waals surface area contributed by atoms with Crippen molar-refractivity contribution in [1.29, 1.82) is 0 Å². The minimum Gasteiger partial charge on any atom is -0.477 e. The molecule has 0 saturated heterocycles. The number of nitrogens with zero attached hydrogens (tertiary/aromatic N) is 1. The van der Waals surface area contributed by atoms with Gasteiger partial charge in [0, 0.05) is 6.20 Å². The predicted molar refractivity (Wildman–Crippen MR) is 42.8 cm³/mol. The number of alkyl halides is 2. The van der Waals surface area contributed by atoms with E-state index in [0.29, 0.717) is 0 Å². The van der Waals surface area contributed by atoms with Crippen molar-refractivity contribution in [2.75, 3.05) is 0 Å². The Morgan fingerprint density at radius 3 is 2.79 bits per heavy atom.